The van der Waals surface area contributed by atoms with Crippen molar-refractivity contribution in [2.24, 2.45) is 0 Å². The van der Waals surface area contributed by atoms with Gasteiger partial charge in [-0.1, -0.05) is 6.07 Å². The van der Waals surface area contributed by atoms with E-state index in [-0.39, 0.29) is 0 Å². The van der Waals surface area contributed by atoms with Crippen molar-refractivity contribution in [2.45, 2.75) is 44.8 Å². The number of hydrogen-bond donors (Lipinski definition) is 1. The highest BCUT2D eigenvalue weighted by Crippen LogP contribution is 2.29. The monoisotopic (exact) mass is 357 g/mol. The molecule has 2 aromatic heterocycles. The molecule has 1 atom stereocenters. The number of rotatable bonds is 7. The molecule has 0 spiro atoms. The summed E-state index contributed by atoms with van der Waals surface area (Å²) in [5.74, 6) is 2.71. The van der Waals surface area contributed by atoms with Crippen LogP contribution in [0.4, 0.5) is 5.82 Å². The van der Waals surface area contributed by atoms with E-state index in [0.717, 1.165) is 57.0 Å². The van der Waals surface area contributed by atoms with Crippen LogP contribution in [0.3, 0.4) is 0 Å². The molecular weight excluding hydrogens is 326 g/mol. The molecule has 6 nitrogen and oxygen atoms in total. The van der Waals surface area contributed by atoms with E-state index >= 15 is 0 Å². The van der Waals surface area contributed by atoms with E-state index in [1.807, 2.05) is 24.4 Å². The first-order chi connectivity index (χ1) is 12.5. The van der Waals surface area contributed by atoms with Crippen LogP contribution in [0.1, 0.15) is 49.7 Å². The maximum Gasteiger partial charge on any atom is 0.128 e. The molecule has 0 radical (unpaired) electrons. The third kappa shape index (κ3) is 4.62. The van der Waals surface area contributed by atoms with Gasteiger partial charge in [0, 0.05) is 37.9 Å². The summed E-state index contributed by atoms with van der Waals surface area (Å²) in [6, 6.07) is 5.90. The van der Waals surface area contributed by atoms with Gasteiger partial charge in [-0.25, -0.2) is 9.97 Å². The molecule has 1 aliphatic rings. The predicted octanol–water partition coefficient (Wildman–Crippen LogP) is 2.67. The second-order valence-electron chi connectivity index (χ2n) is 7.49. The van der Waals surface area contributed by atoms with Crippen molar-refractivity contribution in [3.63, 3.8) is 0 Å². The Bertz CT molecular complexity index is 689. The van der Waals surface area contributed by atoms with Crippen LogP contribution < -0.4 is 4.90 Å². The Labute approximate surface area is 156 Å². The lowest BCUT2D eigenvalue weighted by Gasteiger charge is -2.33. The maximum absolute atomic E-state index is 9.75. The smallest absolute Gasteiger partial charge is 0.128 e. The molecule has 142 valence electrons. The van der Waals surface area contributed by atoms with Crippen molar-refractivity contribution in [1.82, 2.24) is 19.4 Å². The number of aryl methyl sites for hydroxylation is 1. The predicted molar refractivity (Wildman–Crippen MR) is 104 cm³/mol. The molecule has 0 bridgehead atoms. The molecule has 1 unspecified atom stereocenters. The molecule has 2 aromatic rings. The number of piperidine rings is 1. The van der Waals surface area contributed by atoms with Crippen LogP contribution in [-0.4, -0.2) is 58.3 Å². The fourth-order valence-electron chi connectivity index (χ4n) is 3.64. The lowest BCUT2D eigenvalue weighted by Crippen LogP contribution is -2.34. The van der Waals surface area contributed by atoms with Crippen molar-refractivity contribution in [3.05, 3.63) is 42.1 Å². The average Bonchev–Trinajstić information content (AvgIpc) is 3.10. The molecule has 3 rings (SSSR count). The summed E-state index contributed by atoms with van der Waals surface area (Å²) < 4.78 is 2.33. The number of pyridine rings is 1. The van der Waals surface area contributed by atoms with Crippen LogP contribution in [0.5, 0.6) is 0 Å². The van der Waals surface area contributed by atoms with Gasteiger partial charge >= 0.3 is 0 Å². The Morgan fingerprint density at radius 2 is 2.04 bits per heavy atom. The molecular formula is C20H31N5O. The summed E-state index contributed by atoms with van der Waals surface area (Å²) in [6.45, 7) is 5.85. The number of anilines is 1. The van der Waals surface area contributed by atoms with Gasteiger partial charge in [-0.15, -0.1) is 0 Å². The second kappa shape index (κ2) is 8.64. The Kier molecular flexibility index (Phi) is 6.27. The zero-order chi connectivity index (χ0) is 18.5. The second-order valence-corrected chi connectivity index (χ2v) is 7.49. The Hall–Kier alpha value is -1.92. The average molecular weight is 358 g/mol. The van der Waals surface area contributed by atoms with Crippen molar-refractivity contribution >= 4 is 5.82 Å². The number of aromatic nitrogens is 3. The topological polar surface area (TPSA) is 57.4 Å². The van der Waals surface area contributed by atoms with Crippen molar-refractivity contribution in [3.8, 4) is 0 Å². The van der Waals surface area contributed by atoms with Crippen LogP contribution >= 0.6 is 0 Å². The molecule has 26 heavy (non-hydrogen) atoms. The van der Waals surface area contributed by atoms with E-state index in [0.29, 0.717) is 5.92 Å². The lowest BCUT2D eigenvalue weighted by molar-refractivity contribution is 0.194. The Morgan fingerprint density at radius 3 is 2.73 bits per heavy atom. The van der Waals surface area contributed by atoms with Gasteiger partial charge in [-0.3, -0.25) is 0 Å². The van der Waals surface area contributed by atoms with E-state index in [9.17, 15) is 5.11 Å². The highest BCUT2D eigenvalue weighted by Gasteiger charge is 2.24. The van der Waals surface area contributed by atoms with Crippen LogP contribution in [0.2, 0.25) is 0 Å². The quantitative estimate of drug-likeness (QED) is 0.826. The summed E-state index contributed by atoms with van der Waals surface area (Å²) in [4.78, 5) is 13.8. The molecule has 1 saturated heterocycles. The van der Waals surface area contributed by atoms with Crippen LogP contribution in [0.15, 0.2) is 30.6 Å². The summed E-state index contributed by atoms with van der Waals surface area (Å²) in [7, 11) is 4.23. The highest BCUT2D eigenvalue weighted by molar-refractivity contribution is 5.40. The van der Waals surface area contributed by atoms with Crippen molar-refractivity contribution in [1.29, 1.82) is 0 Å². The van der Waals surface area contributed by atoms with Gasteiger partial charge in [0.25, 0.3) is 0 Å². The number of hydrogen-bond acceptors (Lipinski definition) is 5. The van der Waals surface area contributed by atoms with Crippen LogP contribution in [-0.2, 0) is 6.54 Å². The summed E-state index contributed by atoms with van der Waals surface area (Å²) in [5, 5.41) is 9.75. The summed E-state index contributed by atoms with van der Waals surface area (Å²) in [6.07, 6.45) is 6.85. The SMILES string of the molecule is CC(O)c1cccc(N2CCC(c3nccn3CCCN(C)C)CC2)n1. The van der Waals surface area contributed by atoms with E-state index in [1.54, 1.807) is 6.92 Å². The number of nitrogens with zero attached hydrogens (tertiary/aromatic N) is 5. The number of aliphatic hydroxyl groups is 1. The molecule has 1 fully saturated rings. The first kappa shape index (κ1) is 18.9. The summed E-state index contributed by atoms with van der Waals surface area (Å²) in [5.41, 5.74) is 0.737. The highest BCUT2D eigenvalue weighted by atomic mass is 16.3. The van der Waals surface area contributed by atoms with Gasteiger partial charge in [0.1, 0.15) is 11.6 Å². The van der Waals surface area contributed by atoms with Gasteiger partial charge < -0.3 is 19.5 Å². The summed E-state index contributed by atoms with van der Waals surface area (Å²) >= 11 is 0. The fourth-order valence-corrected chi connectivity index (χ4v) is 3.64. The van der Waals surface area contributed by atoms with Gasteiger partial charge in [0.05, 0.1) is 11.8 Å². The molecule has 0 saturated carbocycles. The van der Waals surface area contributed by atoms with E-state index in [1.165, 1.54) is 5.82 Å². The number of imidazole rings is 1. The Balaban J connectivity index is 1.59. The van der Waals surface area contributed by atoms with Crippen molar-refractivity contribution in [2.75, 3.05) is 38.6 Å². The first-order valence-corrected chi connectivity index (χ1v) is 9.60. The van der Waals surface area contributed by atoms with Gasteiger partial charge in [-0.05, 0) is 59.0 Å². The fraction of sp³-hybridized carbons (Fsp3) is 0.600. The molecule has 0 amide bonds. The van der Waals surface area contributed by atoms with E-state index in [4.69, 9.17) is 0 Å². The third-order valence-electron chi connectivity index (χ3n) is 5.12. The molecule has 1 N–H and O–H groups in total. The normalized spacial score (nSPS) is 17.0. The minimum absolute atomic E-state index is 0.514. The van der Waals surface area contributed by atoms with E-state index < -0.39 is 6.10 Å². The maximum atomic E-state index is 9.75. The minimum atomic E-state index is -0.526. The van der Waals surface area contributed by atoms with E-state index in [2.05, 4.69) is 44.6 Å². The molecule has 6 heteroatoms. The standard InChI is InChI=1S/C20H31N5O/c1-16(26)18-6-4-7-19(22-18)24-13-8-17(9-14-24)20-21-10-15-25(20)12-5-11-23(2)3/h4,6-7,10,15-17,26H,5,8-9,11-14H2,1-3H3. The Morgan fingerprint density at radius 1 is 1.27 bits per heavy atom. The molecule has 3 heterocycles. The third-order valence-corrected chi connectivity index (χ3v) is 5.12. The minimum Gasteiger partial charge on any atom is -0.387 e. The van der Waals surface area contributed by atoms with Crippen LogP contribution in [0, 0.1) is 0 Å². The van der Waals surface area contributed by atoms with Gasteiger partial charge in [-0.2, -0.15) is 0 Å². The first-order valence-electron chi connectivity index (χ1n) is 9.60. The zero-order valence-corrected chi connectivity index (χ0v) is 16.2. The van der Waals surface area contributed by atoms with Crippen molar-refractivity contribution < 1.29 is 5.11 Å². The zero-order valence-electron chi connectivity index (χ0n) is 16.2. The lowest BCUT2D eigenvalue weighted by atomic mass is 9.95. The van der Waals surface area contributed by atoms with Crippen LogP contribution in [0.25, 0.3) is 0 Å². The number of aliphatic hydroxyl groups excluding tert-OH is 1. The van der Waals surface area contributed by atoms with Gasteiger partial charge in [0.2, 0.25) is 0 Å². The molecule has 1 aliphatic heterocycles. The molecule has 0 aliphatic carbocycles. The molecule has 0 aromatic carbocycles. The van der Waals surface area contributed by atoms with Gasteiger partial charge in [0.15, 0.2) is 0 Å². The largest absolute Gasteiger partial charge is 0.387 e.